The molecule has 1 unspecified atom stereocenters. The summed E-state index contributed by atoms with van der Waals surface area (Å²) < 4.78 is 6.04. The fraction of sp³-hybridized carbons (Fsp3) is 0.389. The molecular formula is C18H23ClN2O2S. The van der Waals surface area contributed by atoms with Crippen molar-refractivity contribution in [2.75, 3.05) is 5.32 Å². The summed E-state index contributed by atoms with van der Waals surface area (Å²) in [5.74, 6) is 0. The predicted octanol–water partition coefficient (Wildman–Crippen LogP) is 5.60. The van der Waals surface area contributed by atoms with E-state index in [-0.39, 0.29) is 6.04 Å². The van der Waals surface area contributed by atoms with Crippen molar-refractivity contribution in [3.8, 4) is 0 Å². The van der Waals surface area contributed by atoms with E-state index in [9.17, 15) is 4.79 Å². The number of rotatable bonds is 5. The SMILES string of the molecule is CC(NCc1ccc(Cl)s1)c1ccc(NC(=O)OC(C)(C)C)cc1. The van der Waals surface area contributed by atoms with Crippen LogP contribution in [-0.4, -0.2) is 11.7 Å². The van der Waals surface area contributed by atoms with Gasteiger partial charge in [0.15, 0.2) is 0 Å². The molecule has 0 saturated carbocycles. The van der Waals surface area contributed by atoms with Crippen molar-refractivity contribution in [2.45, 2.75) is 45.9 Å². The lowest BCUT2D eigenvalue weighted by Gasteiger charge is -2.20. The van der Waals surface area contributed by atoms with E-state index in [0.29, 0.717) is 5.69 Å². The van der Waals surface area contributed by atoms with Gasteiger partial charge in [0.25, 0.3) is 0 Å². The van der Waals surface area contributed by atoms with Crippen LogP contribution in [0.4, 0.5) is 10.5 Å². The summed E-state index contributed by atoms with van der Waals surface area (Å²) in [5, 5.41) is 6.19. The lowest BCUT2D eigenvalue weighted by Crippen LogP contribution is -2.27. The highest BCUT2D eigenvalue weighted by molar-refractivity contribution is 7.16. The summed E-state index contributed by atoms with van der Waals surface area (Å²) in [6.45, 7) is 8.39. The zero-order valence-corrected chi connectivity index (χ0v) is 15.9. The molecule has 1 heterocycles. The van der Waals surface area contributed by atoms with Crippen molar-refractivity contribution in [1.82, 2.24) is 5.32 Å². The van der Waals surface area contributed by atoms with E-state index in [0.717, 1.165) is 16.4 Å². The minimum absolute atomic E-state index is 0.196. The van der Waals surface area contributed by atoms with Crippen molar-refractivity contribution < 1.29 is 9.53 Å². The van der Waals surface area contributed by atoms with E-state index in [2.05, 4.69) is 17.6 Å². The monoisotopic (exact) mass is 366 g/mol. The van der Waals surface area contributed by atoms with Gasteiger partial charge in [-0.3, -0.25) is 5.32 Å². The van der Waals surface area contributed by atoms with Gasteiger partial charge >= 0.3 is 6.09 Å². The minimum atomic E-state index is -0.507. The van der Waals surface area contributed by atoms with Gasteiger partial charge in [-0.1, -0.05) is 23.7 Å². The minimum Gasteiger partial charge on any atom is -0.444 e. The van der Waals surface area contributed by atoms with Crippen LogP contribution in [0.3, 0.4) is 0 Å². The molecule has 0 saturated heterocycles. The molecule has 0 radical (unpaired) electrons. The van der Waals surface area contributed by atoms with Crippen LogP contribution >= 0.6 is 22.9 Å². The van der Waals surface area contributed by atoms with Gasteiger partial charge in [-0.25, -0.2) is 4.79 Å². The molecule has 1 aromatic carbocycles. The molecular weight excluding hydrogens is 344 g/mol. The van der Waals surface area contributed by atoms with Crippen LogP contribution in [0.15, 0.2) is 36.4 Å². The highest BCUT2D eigenvalue weighted by Gasteiger charge is 2.16. The molecule has 0 aliphatic carbocycles. The Morgan fingerprint density at radius 2 is 1.88 bits per heavy atom. The third-order valence-electron chi connectivity index (χ3n) is 3.27. The van der Waals surface area contributed by atoms with Crippen LogP contribution < -0.4 is 10.6 Å². The molecule has 2 N–H and O–H groups in total. The third-order valence-corrected chi connectivity index (χ3v) is 4.50. The average Bonchev–Trinajstić information content (AvgIpc) is 2.89. The van der Waals surface area contributed by atoms with Gasteiger partial charge in [0.1, 0.15) is 5.60 Å². The Balaban J connectivity index is 1.87. The molecule has 1 amide bonds. The summed E-state index contributed by atoms with van der Waals surface area (Å²) in [6.07, 6.45) is -0.448. The summed E-state index contributed by atoms with van der Waals surface area (Å²) in [6, 6.07) is 11.9. The van der Waals surface area contributed by atoms with Crippen LogP contribution in [0.1, 0.15) is 44.2 Å². The van der Waals surface area contributed by atoms with Gasteiger partial charge in [0.2, 0.25) is 0 Å². The number of carbonyl (C=O) groups is 1. The molecule has 0 aliphatic rings. The number of halogens is 1. The Morgan fingerprint density at radius 3 is 2.42 bits per heavy atom. The van der Waals surface area contributed by atoms with E-state index >= 15 is 0 Å². The van der Waals surface area contributed by atoms with Crippen LogP contribution in [-0.2, 0) is 11.3 Å². The number of hydrogen-bond acceptors (Lipinski definition) is 4. The molecule has 0 bridgehead atoms. The van der Waals surface area contributed by atoms with E-state index in [1.54, 1.807) is 11.3 Å². The van der Waals surface area contributed by atoms with Crippen LogP contribution in [0, 0.1) is 0 Å². The average molecular weight is 367 g/mol. The van der Waals surface area contributed by atoms with E-state index in [4.69, 9.17) is 16.3 Å². The molecule has 0 fully saturated rings. The van der Waals surface area contributed by atoms with Crippen molar-refractivity contribution in [2.24, 2.45) is 0 Å². The number of benzene rings is 1. The van der Waals surface area contributed by atoms with Gasteiger partial charge in [-0.15, -0.1) is 11.3 Å². The fourth-order valence-electron chi connectivity index (χ4n) is 2.09. The summed E-state index contributed by atoms with van der Waals surface area (Å²) >= 11 is 7.52. The number of carbonyl (C=O) groups excluding carboxylic acids is 1. The third kappa shape index (κ3) is 6.15. The second kappa shape index (κ2) is 8.01. The van der Waals surface area contributed by atoms with Crippen molar-refractivity contribution in [3.05, 3.63) is 51.2 Å². The Morgan fingerprint density at radius 1 is 1.21 bits per heavy atom. The first-order valence-corrected chi connectivity index (χ1v) is 9.00. The molecule has 2 rings (SSSR count). The number of nitrogens with one attached hydrogen (secondary N) is 2. The number of thiophene rings is 1. The summed E-state index contributed by atoms with van der Waals surface area (Å²) in [4.78, 5) is 13.0. The molecule has 130 valence electrons. The van der Waals surface area contributed by atoms with Crippen LogP contribution in [0.25, 0.3) is 0 Å². The first-order chi connectivity index (χ1) is 11.2. The number of ether oxygens (including phenoxy) is 1. The van der Waals surface area contributed by atoms with Gasteiger partial charge < -0.3 is 10.1 Å². The second-order valence-corrected chi connectivity index (χ2v) is 8.36. The van der Waals surface area contributed by atoms with Gasteiger partial charge in [-0.2, -0.15) is 0 Å². The second-order valence-electron chi connectivity index (χ2n) is 6.56. The molecule has 4 nitrogen and oxygen atoms in total. The lowest BCUT2D eigenvalue weighted by atomic mass is 10.1. The van der Waals surface area contributed by atoms with E-state index in [1.807, 2.05) is 57.2 Å². The molecule has 0 aliphatic heterocycles. The van der Waals surface area contributed by atoms with Crippen LogP contribution in [0.2, 0.25) is 4.34 Å². The molecule has 6 heteroatoms. The Hall–Kier alpha value is -1.56. The molecule has 2 aromatic rings. The molecule has 1 aromatic heterocycles. The highest BCUT2D eigenvalue weighted by Crippen LogP contribution is 2.23. The number of amides is 1. The largest absolute Gasteiger partial charge is 0.444 e. The molecule has 1 atom stereocenters. The Labute approximate surface area is 152 Å². The normalized spacial score (nSPS) is 12.7. The zero-order valence-electron chi connectivity index (χ0n) is 14.4. The van der Waals surface area contributed by atoms with Gasteiger partial charge in [0.05, 0.1) is 4.34 Å². The number of hydrogen-bond donors (Lipinski definition) is 2. The van der Waals surface area contributed by atoms with Crippen molar-refractivity contribution in [1.29, 1.82) is 0 Å². The molecule has 0 spiro atoms. The van der Waals surface area contributed by atoms with Gasteiger partial charge in [-0.05, 0) is 57.5 Å². The first-order valence-electron chi connectivity index (χ1n) is 7.80. The standard InChI is InChI=1S/C18H23ClN2O2S/c1-12(20-11-15-9-10-16(19)24-15)13-5-7-14(8-6-13)21-17(22)23-18(2,3)4/h5-10,12,20H,11H2,1-4H3,(H,21,22). The van der Waals surface area contributed by atoms with Gasteiger partial charge in [0, 0.05) is 23.2 Å². The predicted molar refractivity (Wildman–Crippen MR) is 101 cm³/mol. The quantitative estimate of drug-likeness (QED) is 0.724. The zero-order chi connectivity index (χ0) is 17.7. The van der Waals surface area contributed by atoms with Crippen LogP contribution in [0.5, 0.6) is 0 Å². The first kappa shape index (κ1) is 18.8. The maximum atomic E-state index is 11.8. The fourth-order valence-corrected chi connectivity index (χ4v) is 3.13. The smallest absolute Gasteiger partial charge is 0.412 e. The van der Waals surface area contributed by atoms with Crippen molar-refractivity contribution >= 4 is 34.7 Å². The highest BCUT2D eigenvalue weighted by atomic mass is 35.5. The maximum Gasteiger partial charge on any atom is 0.412 e. The van der Waals surface area contributed by atoms with E-state index < -0.39 is 11.7 Å². The Bertz CT molecular complexity index is 677. The van der Waals surface area contributed by atoms with Crippen molar-refractivity contribution in [3.63, 3.8) is 0 Å². The lowest BCUT2D eigenvalue weighted by molar-refractivity contribution is 0.0636. The molecule has 24 heavy (non-hydrogen) atoms. The van der Waals surface area contributed by atoms with E-state index in [1.165, 1.54) is 4.88 Å². The maximum absolute atomic E-state index is 11.8. The summed E-state index contributed by atoms with van der Waals surface area (Å²) in [5.41, 5.74) is 1.35. The Kier molecular flexibility index (Phi) is 6.27. The summed E-state index contributed by atoms with van der Waals surface area (Å²) in [7, 11) is 0. The number of anilines is 1. The topological polar surface area (TPSA) is 50.4 Å².